The number of hydrogen-bond donors (Lipinski definition) is 0. The largest absolute Gasteiger partial charge is 0.377 e. The topological polar surface area (TPSA) is 41.4 Å². The highest BCUT2D eigenvalue weighted by Crippen LogP contribution is 2.34. The van der Waals surface area contributed by atoms with Crippen LogP contribution in [0.25, 0.3) is 22.4 Å². The summed E-state index contributed by atoms with van der Waals surface area (Å²) >= 11 is 0. The molecule has 0 bridgehead atoms. The lowest BCUT2D eigenvalue weighted by molar-refractivity contribution is -0.138. The summed E-state index contributed by atoms with van der Waals surface area (Å²) < 4.78 is 2.17. The van der Waals surface area contributed by atoms with Gasteiger partial charge in [-0.1, -0.05) is 62.8 Å². The maximum atomic E-state index is 14.1. The number of carbonyl (C=O) groups excluding carboxylic acids is 1. The zero-order valence-corrected chi connectivity index (χ0v) is 20.7. The fourth-order valence-electron chi connectivity index (χ4n) is 6.13. The number of amides is 1. The maximum Gasteiger partial charge on any atom is 0.243 e. The average molecular weight is 459 g/mol. The summed E-state index contributed by atoms with van der Waals surface area (Å²) in [5.74, 6) is 1.15. The number of fused-ring (bicyclic) bond motifs is 1. The van der Waals surface area contributed by atoms with Gasteiger partial charge in [0, 0.05) is 37.4 Å². The van der Waals surface area contributed by atoms with E-state index in [4.69, 9.17) is 4.98 Å². The Morgan fingerprint density at radius 2 is 1.44 bits per heavy atom. The van der Waals surface area contributed by atoms with E-state index in [0.717, 1.165) is 53.8 Å². The van der Waals surface area contributed by atoms with Crippen molar-refractivity contribution < 1.29 is 4.79 Å². The van der Waals surface area contributed by atoms with Gasteiger partial charge < -0.3 is 14.4 Å². The summed E-state index contributed by atoms with van der Waals surface area (Å²) in [4.78, 5) is 23.6. The Morgan fingerprint density at radius 1 is 0.853 bits per heavy atom. The molecule has 1 aromatic heterocycles. The van der Waals surface area contributed by atoms with Gasteiger partial charge in [-0.3, -0.25) is 4.79 Å². The van der Waals surface area contributed by atoms with Crippen LogP contribution >= 0.6 is 0 Å². The average Bonchev–Trinajstić information content (AvgIpc) is 3.23. The standard InChI is InChI=1S/C29H38N4O/c1-31(2)26-19-11-9-17-24(26)29-30-25-18-10-12-20-27(25)32(29)21-28(34)33(22-13-5-3-6-14-22)23-15-7-4-8-16-23/h9-12,17-20,22-23H,3-8,13-16,21H2,1-2H3. The van der Waals surface area contributed by atoms with E-state index in [1.165, 1.54) is 38.5 Å². The Kier molecular flexibility index (Phi) is 6.89. The minimum Gasteiger partial charge on any atom is -0.377 e. The van der Waals surface area contributed by atoms with E-state index < -0.39 is 0 Å². The van der Waals surface area contributed by atoms with E-state index in [1.54, 1.807) is 0 Å². The Labute approximate surface area is 203 Å². The van der Waals surface area contributed by atoms with Gasteiger partial charge in [0.1, 0.15) is 12.4 Å². The number of aromatic nitrogens is 2. The van der Waals surface area contributed by atoms with Crippen molar-refractivity contribution >= 4 is 22.6 Å². The quantitative estimate of drug-likeness (QED) is 0.437. The molecule has 2 saturated carbocycles. The van der Waals surface area contributed by atoms with Crippen molar-refractivity contribution in [3.05, 3.63) is 48.5 Å². The second-order valence-electron chi connectivity index (χ2n) is 10.3. The molecule has 0 N–H and O–H groups in total. The van der Waals surface area contributed by atoms with Crippen LogP contribution in [0.4, 0.5) is 5.69 Å². The van der Waals surface area contributed by atoms with Crippen LogP contribution < -0.4 is 4.90 Å². The number of anilines is 1. The zero-order valence-electron chi connectivity index (χ0n) is 20.7. The SMILES string of the molecule is CN(C)c1ccccc1-c1nc2ccccc2n1CC(=O)N(C1CCCCC1)C1CCCCC1. The number of benzene rings is 2. The molecule has 5 heteroatoms. The number of rotatable bonds is 6. The molecule has 0 radical (unpaired) electrons. The number of nitrogens with zero attached hydrogens (tertiary/aromatic N) is 4. The molecule has 0 spiro atoms. The van der Waals surface area contributed by atoms with Crippen molar-refractivity contribution in [2.45, 2.75) is 82.8 Å². The van der Waals surface area contributed by atoms with E-state index >= 15 is 0 Å². The predicted molar refractivity (Wildman–Crippen MR) is 140 cm³/mol. The molecular formula is C29H38N4O. The van der Waals surface area contributed by atoms with Crippen LogP contribution in [-0.2, 0) is 11.3 Å². The van der Waals surface area contributed by atoms with Crippen molar-refractivity contribution in [1.82, 2.24) is 14.5 Å². The first-order valence-corrected chi connectivity index (χ1v) is 13.2. The van der Waals surface area contributed by atoms with Crippen molar-refractivity contribution in [3.63, 3.8) is 0 Å². The highest BCUT2D eigenvalue weighted by atomic mass is 16.2. The van der Waals surface area contributed by atoms with Gasteiger partial charge >= 0.3 is 0 Å². The second-order valence-corrected chi connectivity index (χ2v) is 10.3. The maximum absolute atomic E-state index is 14.1. The molecule has 3 aromatic rings. The summed E-state index contributed by atoms with van der Waals surface area (Å²) in [5, 5.41) is 0. The lowest BCUT2D eigenvalue weighted by Gasteiger charge is -2.42. The number of carbonyl (C=O) groups is 1. The molecule has 0 saturated heterocycles. The second kappa shape index (κ2) is 10.2. The number of imidazole rings is 1. The Bertz CT molecular complexity index is 1100. The van der Waals surface area contributed by atoms with Crippen LogP contribution in [0.3, 0.4) is 0 Å². The van der Waals surface area contributed by atoms with Gasteiger partial charge in [0.25, 0.3) is 0 Å². The first-order chi connectivity index (χ1) is 16.6. The minimum absolute atomic E-state index is 0.269. The third kappa shape index (κ3) is 4.57. The van der Waals surface area contributed by atoms with Crippen LogP contribution in [0.5, 0.6) is 0 Å². The van der Waals surface area contributed by atoms with Crippen molar-refractivity contribution in [2.75, 3.05) is 19.0 Å². The van der Waals surface area contributed by atoms with Gasteiger partial charge in [-0.15, -0.1) is 0 Å². The van der Waals surface area contributed by atoms with Crippen molar-refractivity contribution in [3.8, 4) is 11.4 Å². The summed E-state index contributed by atoms with van der Waals surface area (Å²) in [7, 11) is 4.12. The van der Waals surface area contributed by atoms with E-state index in [-0.39, 0.29) is 5.91 Å². The molecule has 0 aliphatic heterocycles. The fraction of sp³-hybridized carbons (Fsp3) is 0.517. The molecular weight excluding hydrogens is 420 g/mol. The van der Waals surface area contributed by atoms with E-state index in [2.05, 4.69) is 64.9 Å². The predicted octanol–water partition coefficient (Wildman–Crippen LogP) is 6.26. The summed E-state index contributed by atoms with van der Waals surface area (Å²) in [6, 6.07) is 17.4. The Balaban J connectivity index is 1.54. The minimum atomic E-state index is 0.269. The highest BCUT2D eigenvalue weighted by molar-refractivity contribution is 5.87. The lowest BCUT2D eigenvalue weighted by Crippen LogP contribution is -2.50. The van der Waals surface area contributed by atoms with E-state index in [0.29, 0.717) is 18.6 Å². The van der Waals surface area contributed by atoms with Crippen LogP contribution in [0.1, 0.15) is 64.2 Å². The third-order valence-corrected chi connectivity index (χ3v) is 7.80. The van der Waals surface area contributed by atoms with Crippen LogP contribution in [0.15, 0.2) is 48.5 Å². The molecule has 1 amide bonds. The molecule has 2 aliphatic carbocycles. The Hall–Kier alpha value is -2.82. The highest BCUT2D eigenvalue weighted by Gasteiger charge is 2.33. The molecule has 5 rings (SSSR count). The van der Waals surface area contributed by atoms with Gasteiger partial charge in [-0.2, -0.15) is 0 Å². The smallest absolute Gasteiger partial charge is 0.243 e. The fourth-order valence-corrected chi connectivity index (χ4v) is 6.13. The van der Waals surface area contributed by atoms with Gasteiger partial charge in [0.15, 0.2) is 0 Å². The van der Waals surface area contributed by atoms with Crippen LogP contribution in [0, 0.1) is 0 Å². The molecule has 0 unspecified atom stereocenters. The van der Waals surface area contributed by atoms with Gasteiger partial charge in [-0.05, 0) is 49.9 Å². The van der Waals surface area contributed by atoms with E-state index in [1.807, 2.05) is 12.1 Å². The summed E-state index contributed by atoms with van der Waals surface area (Å²) in [6.45, 7) is 0.352. The molecule has 0 atom stereocenters. The molecule has 180 valence electrons. The van der Waals surface area contributed by atoms with Gasteiger partial charge in [0.2, 0.25) is 5.91 Å². The van der Waals surface area contributed by atoms with Crippen molar-refractivity contribution in [1.29, 1.82) is 0 Å². The molecule has 2 aliphatic rings. The van der Waals surface area contributed by atoms with Crippen LogP contribution in [-0.4, -0.2) is 46.5 Å². The van der Waals surface area contributed by atoms with Gasteiger partial charge in [-0.25, -0.2) is 4.98 Å². The molecule has 5 nitrogen and oxygen atoms in total. The monoisotopic (exact) mass is 458 g/mol. The third-order valence-electron chi connectivity index (χ3n) is 7.80. The molecule has 2 fully saturated rings. The molecule has 1 heterocycles. The normalized spacial score (nSPS) is 17.7. The van der Waals surface area contributed by atoms with Crippen LogP contribution in [0.2, 0.25) is 0 Å². The Morgan fingerprint density at radius 3 is 2.09 bits per heavy atom. The molecule has 34 heavy (non-hydrogen) atoms. The first-order valence-electron chi connectivity index (χ1n) is 13.2. The summed E-state index contributed by atoms with van der Waals surface area (Å²) in [6.07, 6.45) is 12.2. The molecule has 2 aromatic carbocycles. The zero-order chi connectivity index (χ0) is 23.5. The number of para-hydroxylation sites is 3. The summed E-state index contributed by atoms with van der Waals surface area (Å²) in [5.41, 5.74) is 4.16. The number of hydrogen-bond acceptors (Lipinski definition) is 3. The van der Waals surface area contributed by atoms with Gasteiger partial charge in [0.05, 0.1) is 11.0 Å². The van der Waals surface area contributed by atoms with Crippen molar-refractivity contribution in [2.24, 2.45) is 0 Å². The lowest BCUT2D eigenvalue weighted by atomic mass is 9.88. The van der Waals surface area contributed by atoms with E-state index in [9.17, 15) is 4.79 Å². The first kappa shape index (κ1) is 22.9.